The standard InChI is InChI=1S/C30H18N4O4/c31-25-15(9-11-21-23(25)29(37)19-7-3-1-5-17(19)27(21)35)13-33-34-14-16-10-12-22-24(26(16)32)30(38)20-8-4-2-6-18(20)28(22)36/h1-14H,31-32H2. The summed E-state index contributed by atoms with van der Waals surface area (Å²) in [5, 5.41) is 8.04. The lowest BCUT2D eigenvalue weighted by molar-refractivity contribution is 0.0979. The molecule has 0 aromatic heterocycles. The summed E-state index contributed by atoms with van der Waals surface area (Å²) in [5.41, 5.74) is 15.7. The summed E-state index contributed by atoms with van der Waals surface area (Å²) >= 11 is 0. The first kappa shape index (κ1) is 22.9. The number of nitrogens with zero attached hydrogens (tertiary/aromatic N) is 2. The number of nitrogen functional groups attached to an aromatic ring is 2. The van der Waals surface area contributed by atoms with E-state index in [4.69, 9.17) is 11.5 Å². The Morgan fingerprint density at radius 2 is 0.789 bits per heavy atom. The van der Waals surface area contributed by atoms with Crippen LogP contribution in [0.4, 0.5) is 11.4 Å². The lowest BCUT2D eigenvalue weighted by Gasteiger charge is -2.19. The van der Waals surface area contributed by atoms with Gasteiger partial charge < -0.3 is 11.5 Å². The zero-order chi connectivity index (χ0) is 26.6. The van der Waals surface area contributed by atoms with Crippen molar-refractivity contribution in [2.75, 3.05) is 11.5 Å². The van der Waals surface area contributed by atoms with Crippen molar-refractivity contribution >= 4 is 46.9 Å². The van der Waals surface area contributed by atoms with Gasteiger partial charge in [-0.1, -0.05) is 60.7 Å². The second-order valence-electron chi connectivity index (χ2n) is 8.88. The van der Waals surface area contributed by atoms with Crippen molar-refractivity contribution in [1.82, 2.24) is 0 Å². The van der Waals surface area contributed by atoms with Crippen LogP contribution in [0.1, 0.15) is 74.8 Å². The molecule has 2 aliphatic carbocycles. The average Bonchev–Trinajstić information content (AvgIpc) is 2.94. The van der Waals surface area contributed by atoms with Crippen molar-refractivity contribution < 1.29 is 19.2 Å². The quantitative estimate of drug-likeness (QED) is 0.215. The van der Waals surface area contributed by atoms with Gasteiger partial charge in [0.1, 0.15) is 0 Å². The van der Waals surface area contributed by atoms with Crippen molar-refractivity contribution in [3.05, 3.63) is 128 Å². The molecule has 0 aliphatic heterocycles. The maximum Gasteiger partial charge on any atom is 0.196 e. The number of carbonyl (C=O) groups excluding carboxylic acids is 4. The highest BCUT2D eigenvalue weighted by atomic mass is 16.1. The van der Waals surface area contributed by atoms with Crippen LogP contribution in [0.2, 0.25) is 0 Å². The van der Waals surface area contributed by atoms with Gasteiger partial charge in [-0.3, -0.25) is 19.2 Å². The first-order valence-corrected chi connectivity index (χ1v) is 11.7. The smallest absolute Gasteiger partial charge is 0.196 e. The highest BCUT2D eigenvalue weighted by Crippen LogP contribution is 2.33. The number of fused-ring (bicyclic) bond motifs is 4. The van der Waals surface area contributed by atoms with Crippen LogP contribution >= 0.6 is 0 Å². The Balaban J connectivity index is 1.30. The van der Waals surface area contributed by atoms with Gasteiger partial charge in [-0.05, 0) is 12.1 Å². The molecule has 2 aliphatic rings. The Kier molecular flexibility index (Phi) is 5.17. The Hall–Kier alpha value is -5.50. The zero-order valence-corrected chi connectivity index (χ0v) is 19.8. The first-order chi connectivity index (χ1) is 18.4. The molecule has 0 heterocycles. The van der Waals surface area contributed by atoms with E-state index in [9.17, 15) is 19.2 Å². The minimum Gasteiger partial charge on any atom is -0.398 e. The van der Waals surface area contributed by atoms with Gasteiger partial charge >= 0.3 is 0 Å². The van der Waals surface area contributed by atoms with Gasteiger partial charge in [0.05, 0.1) is 34.9 Å². The van der Waals surface area contributed by atoms with Crippen LogP contribution in [0.15, 0.2) is 83.0 Å². The zero-order valence-electron chi connectivity index (χ0n) is 19.8. The summed E-state index contributed by atoms with van der Waals surface area (Å²) in [5.74, 6) is -1.17. The van der Waals surface area contributed by atoms with E-state index >= 15 is 0 Å². The maximum atomic E-state index is 13.1. The van der Waals surface area contributed by atoms with Gasteiger partial charge in [0.15, 0.2) is 23.1 Å². The molecule has 6 rings (SSSR count). The van der Waals surface area contributed by atoms with Crippen LogP contribution in [0.5, 0.6) is 0 Å². The molecule has 0 saturated heterocycles. The number of anilines is 2. The molecule has 0 radical (unpaired) electrons. The summed E-state index contributed by atoms with van der Waals surface area (Å²) in [6.07, 6.45) is 2.73. The van der Waals surface area contributed by atoms with Crippen molar-refractivity contribution in [2.45, 2.75) is 0 Å². The third-order valence-corrected chi connectivity index (χ3v) is 6.79. The van der Waals surface area contributed by atoms with Crippen LogP contribution in [0.3, 0.4) is 0 Å². The van der Waals surface area contributed by atoms with Crippen LogP contribution in [-0.2, 0) is 0 Å². The Labute approximate surface area is 216 Å². The molecule has 0 saturated carbocycles. The molecule has 0 fully saturated rings. The number of hydrogen-bond acceptors (Lipinski definition) is 8. The van der Waals surface area contributed by atoms with Crippen LogP contribution in [0.25, 0.3) is 0 Å². The Morgan fingerprint density at radius 1 is 0.447 bits per heavy atom. The number of ketones is 4. The summed E-state index contributed by atoms with van der Waals surface area (Å²) < 4.78 is 0. The number of hydrogen-bond donors (Lipinski definition) is 2. The van der Waals surface area contributed by atoms with E-state index < -0.39 is 0 Å². The molecule has 0 amide bonds. The minimum atomic E-state index is -0.325. The first-order valence-electron chi connectivity index (χ1n) is 11.7. The SMILES string of the molecule is Nc1c(C=NN=Cc2ccc3c(c2N)C(=O)c2ccccc2C3=O)ccc2c1C(=O)c1ccccc1C2=O. The molecule has 0 atom stereocenters. The number of nitrogens with two attached hydrogens (primary N) is 2. The fraction of sp³-hybridized carbons (Fsp3) is 0. The largest absolute Gasteiger partial charge is 0.398 e. The van der Waals surface area contributed by atoms with Crippen molar-refractivity contribution in [2.24, 2.45) is 10.2 Å². The number of benzene rings is 4. The molecule has 4 aromatic rings. The second-order valence-corrected chi connectivity index (χ2v) is 8.88. The van der Waals surface area contributed by atoms with Gasteiger partial charge in [-0.15, -0.1) is 0 Å². The third kappa shape index (κ3) is 3.31. The van der Waals surface area contributed by atoms with Crippen molar-refractivity contribution in [1.29, 1.82) is 0 Å². The normalized spacial score (nSPS) is 14.0. The fourth-order valence-electron chi connectivity index (χ4n) is 4.87. The van der Waals surface area contributed by atoms with Crippen LogP contribution in [0, 0.1) is 0 Å². The van der Waals surface area contributed by atoms with Crippen LogP contribution in [-0.4, -0.2) is 35.6 Å². The van der Waals surface area contributed by atoms with Crippen molar-refractivity contribution in [3.8, 4) is 0 Å². The predicted molar refractivity (Wildman–Crippen MR) is 144 cm³/mol. The minimum absolute atomic E-state index is 0.130. The second kappa shape index (κ2) is 8.56. The number of rotatable bonds is 3. The summed E-state index contributed by atoms with van der Waals surface area (Å²) in [6.45, 7) is 0. The molecule has 182 valence electrons. The van der Waals surface area contributed by atoms with Crippen molar-refractivity contribution in [3.63, 3.8) is 0 Å². The lowest BCUT2D eigenvalue weighted by atomic mass is 9.82. The Morgan fingerprint density at radius 3 is 1.16 bits per heavy atom. The predicted octanol–water partition coefficient (Wildman–Crippen LogP) is 3.85. The van der Waals surface area contributed by atoms with E-state index in [0.717, 1.165) is 0 Å². The summed E-state index contributed by atoms with van der Waals surface area (Å²) in [4.78, 5) is 51.8. The molecular weight excluding hydrogens is 480 g/mol. The third-order valence-electron chi connectivity index (χ3n) is 6.79. The Bertz CT molecular complexity index is 1680. The molecule has 38 heavy (non-hydrogen) atoms. The van der Waals surface area contributed by atoms with E-state index in [0.29, 0.717) is 33.4 Å². The molecule has 4 N–H and O–H groups in total. The highest BCUT2D eigenvalue weighted by molar-refractivity contribution is 6.31. The van der Waals surface area contributed by atoms with E-state index in [2.05, 4.69) is 10.2 Å². The highest BCUT2D eigenvalue weighted by Gasteiger charge is 2.32. The maximum absolute atomic E-state index is 13.1. The topological polar surface area (TPSA) is 145 Å². The van der Waals surface area contributed by atoms with Gasteiger partial charge in [-0.2, -0.15) is 10.2 Å². The van der Waals surface area contributed by atoms with E-state index in [1.54, 1.807) is 72.8 Å². The molecule has 4 aromatic carbocycles. The molecular formula is C30H18N4O4. The van der Waals surface area contributed by atoms with Gasteiger partial charge in [0.25, 0.3) is 0 Å². The average molecular weight is 498 g/mol. The lowest BCUT2D eigenvalue weighted by Crippen LogP contribution is -2.23. The van der Waals surface area contributed by atoms with E-state index in [1.807, 2.05) is 0 Å². The number of carbonyl (C=O) groups is 4. The molecule has 0 bridgehead atoms. The van der Waals surface area contributed by atoms with E-state index in [1.165, 1.54) is 12.4 Å². The fourth-order valence-corrected chi connectivity index (χ4v) is 4.87. The van der Waals surface area contributed by atoms with E-state index in [-0.39, 0.29) is 56.8 Å². The molecule has 8 heteroatoms. The summed E-state index contributed by atoms with van der Waals surface area (Å²) in [6, 6.07) is 19.5. The monoisotopic (exact) mass is 498 g/mol. The van der Waals surface area contributed by atoms with Crippen LogP contribution < -0.4 is 11.5 Å². The van der Waals surface area contributed by atoms with Gasteiger partial charge in [0.2, 0.25) is 0 Å². The van der Waals surface area contributed by atoms with Gasteiger partial charge in [-0.25, -0.2) is 0 Å². The molecule has 0 unspecified atom stereocenters. The molecule has 8 nitrogen and oxygen atoms in total. The van der Waals surface area contributed by atoms with Gasteiger partial charge in [0, 0.05) is 44.5 Å². The summed E-state index contributed by atoms with van der Waals surface area (Å²) in [7, 11) is 0. The molecule has 0 spiro atoms.